The SMILES string of the molecule is CCCCCCC(CCCCC)P(=O)([O-])[O-].CCCCCCC(CCCCC)P(=O)([O-])[O-].[Ca+2].[Ca+2]. The normalized spacial score (nSPS) is 13.2. The van der Waals surface area contributed by atoms with Gasteiger partial charge in [-0.15, -0.1) is 0 Å². The molecule has 6 nitrogen and oxygen atoms in total. The van der Waals surface area contributed by atoms with E-state index in [1.807, 2.05) is 0 Å². The molecule has 34 heavy (non-hydrogen) atoms. The van der Waals surface area contributed by atoms with Crippen LogP contribution >= 0.6 is 15.2 Å². The molecule has 0 aliphatic rings. The number of hydrogen-bond donors (Lipinski definition) is 0. The van der Waals surface area contributed by atoms with Crippen molar-refractivity contribution in [1.82, 2.24) is 0 Å². The van der Waals surface area contributed by atoms with Gasteiger partial charge in [-0.3, -0.25) is 0 Å². The molecule has 0 radical (unpaired) electrons. The molecule has 0 rings (SSSR count). The largest absolute Gasteiger partial charge is 2.00 e. The third-order valence-corrected chi connectivity index (χ3v) is 8.78. The van der Waals surface area contributed by atoms with Crippen molar-refractivity contribution in [2.75, 3.05) is 0 Å². The first kappa shape index (κ1) is 43.9. The van der Waals surface area contributed by atoms with Crippen LogP contribution in [-0.4, -0.2) is 86.8 Å². The minimum Gasteiger partial charge on any atom is -0.811 e. The fourth-order valence-electron chi connectivity index (χ4n) is 3.79. The Balaban J connectivity index is -0.000000250. The minimum absolute atomic E-state index is 0. The van der Waals surface area contributed by atoms with Gasteiger partial charge < -0.3 is 28.7 Å². The zero-order valence-corrected chi connectivity index (χ0v) is 28.8. The molecule has 0 saturated heterocycles. The maximum Gasteiger partial charge on any atom is 2.00 e. The van der Waals surface area contributed by atoms with Gasteiger partial charge >= 0.3 is 75.5 Å². The number of hydrogen-bond acceptors (Lipinski definition) is 6. The molecule has 0 aromatic rings. The first-order valence-corrected chi connectivity index (χ1v) is 16.3. The smallest absolute Gasteiger partial charge is 0.811 e. The third-order valence-electron chi connectivity index (χ3n) is 5.96. The fourth-order valence-corrected chi connectivity index (χ4v) is 5.79. The molecule has 0 fully saturated rings. The second kappa shape index (κ2) is 28.8. The average molecular weight is 577 g/mol. The van der Waals surface area contributed by atoms with Crippen LogP contribution in [0.2, 0.25) is 0 Å². The van der Waals surface area contributed by atoms with Gasteiger partial charge in [-0.1, -0.05) is 133 Å². The Morgan fingerprint density at radius 2 is 0.647 bits per heavy atom. The van der Waals surface area contributed by atoms with E-state index in [1.54, 1.807) is 0 Å². The van der Waals surface area contributed by atoms with Crippen molar-refractivity contribution in [2.24, 2.45) is 0 Å². The van der Waals surface area contributed by atoms with Crippen LogP contribution in [0.4, 0.5) is 0 Å². The van der Waals surface area contributed by atoms with E-state index in [0.29, 0.717) is 25.7 Å². The van der Waals surface area contributed by atoms with Gasteiger partial charge in [-0.2, -0.15) is 0 Å². The molecular weight excluding hydrogens is 526 g/mol. The van der Waals surface area contributed by atoms with Crippen LogP contribution in [0.5, 0.6) is 0 Å². The van der Waals surface area contributed by atoms with Crippen molar-refractivity contribution >= 4 is 90.7 Å². The van der Waals surface area contributed by atoms with E-state index in [2.05, 4.69) is 27.7 Å². The molecule has 0 aromatic heterocycles. The van der Waals surface area contributed by atoms with Crippen molar-refractivity contribution < 1.29 is 28.7 Å². The molecular formula is C24H50Ca2O6P2. The Morgan fingerprint density at radius 3 is 0.853 bits per heavy atom. The summed E-state index contributed by atoms with van der Waals surface area (Å²) in [5.74, 6) is 0. The van der Waals surface area contributed by atoms with E-state index in [1.165, 1.54) is 0 Å². The van der Waals surface area contributed by atoms with Crippen molar-refractivity contribution in [3.05, 3.63) is 0 Å². The summed E-state index contributed by atoms with van der Waals surface area (Å²) in [7, 11) is -8.73. The maximum atomic E-state index is 11.1. The van der Waals surface area contributed by atoms with Crippen molar-refractivity contribution in [3.63, 3.8) is 0 Å². The van der Waals surface area contributed by atoms with Gasteiger partial charge in [0.05, 0.1) is 0 Å². The van der Waals surface area contributed by atoms with Gasteiger partial charge in [-0.25, -0.2) is 0 Å². The Kier molecular flexibility index (Phi) is 37.2. The topological polar surface area (TPSA) is 126 Å². The number of unbranched alkanes of at least 4 members (excludes halogenated alkanes) is 10. The molecule has 0 saturated carbocycles. The van der Waals surface area contributed by atoms with Crippen molar-refractivity contribution in [2.45, 2.75) is 155 Å². The molecule has 0 N–H and O–H groups in total. The Morgan fingerprint density at radius 1 is 0.441 bits per heavy atom. The molecule has 0 aliphatic heterocycles. The van der Waals surface area contributed by atoms with Gasteiger partial charge in [0.15, 0.2) is 0 Å². The second-order valence-corrected chi connectivity index (χ2v) is 12.7. The van der Waals surface area contributed by atoms with E-state index in [4.69, 9.17) is 0 Å². The molecule has 0 amide bonds. The van der Waals surface area contributed by atoms with Crippen LogP contribution in [0.15, 0.2) is 0 Å². The summed E-state index contributed by atoms with van der Waals surface area (Å²) in [5.41, 5.74) is -1.23. The first-order chi connectivity index (χ1) is 15.0. The van der Waals surface area contributed by atoms with Crippen LogP contribution in [-0.2, 0) is 9.13 Å². The summed E-state index contributed by atoms with van der Waals surface area (Å²) >= 11 is 0. The second-order valence-electron chi connectivity index (χ2n) is 9.08. The van der Waals surface area contributed by atoms with E-state index >= 15 is 0 Å². The molecule has 0 bridgehead atoms. The van der Waals surface area contributed by atoms with E-state index in [-0.39, 0.29) is 75.5 Å². The molecule has 2 unspecified atom stereocenters. The summed E-state index contributed by atoms with van der Waals surface area (Å²) in [6, 6.07) is 0. The van der Waals surface area contributed by atoms with Gasteiger partial charge in [0.2, 0.25) is 0 Å². The van der Waals surface area contributed by atoms with Gasteiger partial charge in [0, 0.05) is 0 Å². The van der Waals surface area contributed by atoms with Crippen molar-refractivity contribution in [1.29, 1.82) is 0 Å². The molecule has 0 spiro atoms. The summed E-state index contributed by atoms with van der Waals surface area (Å²) in [6.45, 7) is 8.38. The zero-order chi connectivity index (χ0) is 24.9. The van der Waals surface area contributed by atoms with Crippen molar-refractivity contribution in [3.8, 4) is 0 Å². The van der Waals surface area contributed by atoms with E-state index < -0.39 is 26.5 Å². The summed E-state index contributed by atoms with van der Waals surface area (Å²) in [6.07, 6.45) is 16.5. The molecule has 0 heterocycles. The average Bonchev–Trinajstić information content (AvgIpc) is 2.70. The first-order valence-electron chi connectivity index (χ1n) is 13.1. The Hall–Kier alpha value is 2.82. The third kappa shape index (κ3) is 29.4. The van der Waals surface area contributed by atoms with Gasteiger partial charge in [0.1, 0.15) is 0 Å². The molecule has 0 aliphatic carbocycles. The molecule has 10 heteroatoms. The molecule has 0 aromatic carbocycles. The van der Waals surface area contributed by atoms with Gasteiger partial charge in [0.25, 0.3) is 0 Å². The van der Waals surface area contributed by atoms with Crippen LogP contribution in [0.3, 0.4) is 0 Å². The quantitative estimate of drug-likeness (QED) is 0.116. The van der Waals surface area contributed by atoms with Gasteiger partial charge in [-0.05, 0) is 37.0 Å². The van der Waals surface area contributed by atoms with Crippen LogP contribution < -0.4 is 19.6 Å². The summed E-state index contributed by atoms with van der Waals surface area (Å²) in [5, 5.41) is 0. The van der Waals surface area contributed by atoms with Crippen LogP contribution in [0.1, 0.15) is 143 Å². The van der Waals surface area contributed by atoms with E-state index in [9.17, 15) is 28.7 Å². The molecule has 2 atom stereocenters. The Bertz CT molecular complexity index is 456. The Labute approximate surface area is 270 Å². The zero-order valence-electron chi connectivity index (χ0n) is 22.6. The monoisotopic (exact) mass is 576 g/mol. The predicted molar refractivity (Wildman–Crippen MR) is 140 cm³/mol. The van der Waals surface area contributed by atoms with Crippen LogP contribution in [0, 0.1) is 0 Å². The van der Waals surface area contributed by atoms with Crippen LogP contribution in [0.25, 0.3) is 0 Å². The maximum absolute atomic E-state index is 11.1. The summed E-state index contributed by atoms with van der Waals surface area (Å²) < 4.78 is 22.1. The standard InChI is InChI=1S/2C12H27O3P.2Ca/c2*1-3-5-7-9-11-12(16(13,14)15)10-8-6-4-2;;/h2*12H,3-11H2,1-2H3,(H2,13,14,15);;/q;;2*+2/p-4. The predicted octanol–water partition coefficient (Wildman–Crippen LogP) is 4.88. The molecule has 196 valence electrons. The summed E-state index contributed by atoms with van der Waals surface area (Å²) in [4.78, 5) is 44.2. The minimum atomic E-state index is -4.36. The van der Waals surface area contributed by atoms with E-state index in [0.717, 1.165) is 89.9 Å². The number of rotatable bonds is 20. The fraction of sp³-hybridized carbons (Fsp3) is 1.00.